The lowest BCUT2D eigenvalue weighted by Gasteiger charge is -2.24. The van der Waals surface area contributed by atoms with Crippen LogP contribution in [0.25, 0.3) is 0 Å². The van der Waals surface area contributed by atoms with Gasteiger partial charge in [0.05, 0.1) is 25.5 Å². The van der Waals surface area contributed by atoms with Gasteiger partial charge in [0.25, 0.3) is 0 Å². The lowest BCUT2D eigenvalue weighted by atomic mass is 10.1. The number of methoxy groups -OCH3 is 2. The number of esters is 2. The molecule has 0 fully saturated rings. The van der Waals surface area contributed by atoms with Gasteiger partial charge in [-0.2, -0.15) is 0 Å². The summed E-state index contributed by atoms with van der Waals surface area (Å²) in [5.74, 6) is -2.97. The number of hydrogen-bond acceptors (Lipinski definition) is 7. The first kappa shape index (κ1) is 19.9. The molecule has 1 aromatic rings. The van der Waals surface area contributed by atoms with Crippen LogP contribution >= 0.6 is 0 Å². The minimum atomic E-state index is -4.96. The van der Waals surface area contributed by atoms with E-state index in [0.717, 1.165) is 37.3 Å². The van der Waals surface area contributed by atoms with Crippen molar-refractivity contribution < 1.29 is 42.1 Å². The fraction of sp³-hybridized carbons (Fsp3) is 0.176. The number of halogens is 3. The average molecular weight is 385 g/mol. The summed E-state index contributed by atoms with van der Waals surface area (Å²) in [5.41, 5.74) is -0.844. The third kappa shape index (κ3) is 4.60. The highest BCUT2D eigenvalue weighted by Crippen LogP contribution is 2.37. The monoisotopic (exact) mass is 385 g/mol. The molecule has 0 aliphatic carbocycles. The van der Waals surface area contributed by atoms with E-state index in [1.165, 1.54) is 24.4 Å². The number of phenols is 1. The summed E-state index contributed by atoms with van der Waals surface area (Å²) in [6.07, 6.45) is 0.368. The summed E-state index contributed by atoms with van der Waals surface area (Å²) in [6, 6.07) is 2.71. The van der Waals surface area contributed by atoms with Crippen molar-refractivity contribution in [3.8, 4) is 11.5 Å². The van der Waals surface area contributed by atoms with Gasteiger partial charge in [0.15, 0.2) is 0 Å². The maximum absolute atomic E-state index is 12.5. The van der Waals surface area contributed by atoms with Crippen molar-refractivity contribution >= 4 is 17.6 Å². The molecular weight excluding hydrogens is 371 g/mol. The molecule has 1 aliphatic heterocycles. The van der Waals surface area contributed by atoms with E-state index in [1.54, 1.807) is 0 Å². The summed E-state index contributed by atoms with van der Waals surface area (Å²) < 4.78 is 50.6. The van der Waals surface area contributed by atoms with Crippen LogP contribution in [0.4, 0.5) is 18.9 Å². The van der Waals surface area contributed by atoms with Crippen LogP contribution in [-0.4, -0.2) is 37.6 Å². The van der Waals surface area contributed by atoms with Crippen LogP contribution in [0.1, 0.15) is 0 Å². The van der Waals surface area contributed by atoms with E-state index in [-0.39, 0.29) is 17.0 Å². The number of phenolic OH excluding ortho intramolecular Hbond substituents is 1. The lowest BCUT2D eigenvalue weighted by Crippen LogP contribution is -2.27. The lowest BCUT2D eigenvalue weighted by molar-refractivity contribution is -0.274. The number of hydrogen-bond donors (Lipinski definition) is 1. The van der Waals surface area contributed by atoms with Gasteiger partial charge in [-0.25, -0.2) is 9.59 Å². The Balaban J connectivity index is 2.65. The van der Waals surface area contributed by atoms with Gasteiger partial charge < -0.3 is 24.2 Å². The molecule has 2 rings (SSSR count). The number of alkyl halides is 3. The highest BCUT2D eigenvalue weighted by atomic mass is 19.4. The van der Waals surface area contributed by atoms with Gasteiger partial charge >= 0.3 is 18.3 Å². The smallest absolute Gasteiger partial charge is 0.506 e. The predicted octanol–water partition coefficient (Wildman–Crippen LogP) is 2.78. The average Bonchev–Trinajstić information content (AvgIpc) is 2.83. The second kappa shape index (κ2) is 7.85. The van der Waals surface area contributed by atoms with Crippen molar-refractivity contribution in [2.24, 2.45) is 0 Å². The molecule has 144 valence electrons. The second-order valence-corrected chi connectivity index (χ2v) is 5.01. The molecule has 1 aliphatic rings. The highest BCUT2D eigenvalue weighted by molar-refractivity contribution is 6.05. The van der Waals surface area contributed by atoms with E-state index in [9.17, 15) is 27.9 Å². The van der Waals surface area contributed by atoms with Crippen molar-refractivity contribution in [1.82, 2.24) is 0 Å². The summed E-state index contributed by atoms with van der Waals surface area (Å²) in [5, 5.41) is 10.1. The van der Waals surface area contributed by atoms with Crippen molar-refractivity contribution in [3.63, 3.8) is 0 Å². The summed E-state index contributed by atoms with van der Waals surface area (Å²) in [6.45, 7) is 0. The molecule has 0 radical (unpaired) electrons. The first-order chi connectivity index (χ1) is 12.7. The third-order valence-corrected chi connectivity index (χ3v) is 3.33. The van der Waals surface area contributed by atoms with Crippen LogP contribution in [0.15, 0.2) is 53.9 Å². The van der Waals surface area contributed by atoms with E-state index in [0.29, 0.717) is 0 Å². The largest absolute Gasteiger partial charge is 0.573 e. The molecule has 0 spiro atoms. The topological polar surface area (TPSA) is 85.3 Å². The minimum Gasteiger partial charge on any atom is -0.506 e. The Labute approximate surface area is 151 Å². The Morgan fingerprint density at radius 3 is 2.33 bits per heavy atom. The zero-order valence-corrected chi connectivity index (χ0v) is 14.1. The number of rotatable bonds is 4. The normalized spacial score (nSPS) is 14.0. The molecule has 0 atom stereocenters. The van der Waals surface area contributed by atoms with Gasteiger partial charge in [0.1, 0.15) is 17.2 Å². The standard InChI is InChI=1S/C17H14F3NO6/c1-25-15(23)11-5-3-4-8-21(14(11)16(24)26-2)12-9-10(6-7-13(12)22)27-17(18,19)20/h3-9,22H,1-2H3. The van der Waals surface area contributed by atoms with Crippen molar-refractivity contribution in [2.75, 3.05) is 19.1 Å². The molecule has 0 aromatic heterocycles. The summed E-state index contributed by atoms with van der Waals surface area (Å²) >= 11 is 0. The number of ether oxygens (including phenoxy) is 3. The molecule has 1 aromatic carbocycles. The van der Waals surface area contributed by atoms with Crippen LogP contribution in [0.2, 0.25) is 0 Å². The maximum atomic E-state index is 12.5. The molecule has 0 amide bonds. The first-order valence-electron chi connectivity index (χ1n) is 7.31. The number of anilines is 1. The van der Waals surface area contributed by atoms with Crippen LogP contribution in [0, 0.1) is 0 Å². The molecule has 0 bridgehead atoms. The van der Waals surface area contributed by atoms with Crippen molar-refractivity contribution in [2.45, 2.75) is 6.36 Å². The van der Waals surface area contributed by atoms with Gasteiger partial charge in [-0.05, 0) is 24.3 Å². The fourth-order valence-electron chi connectivity index (χ4n) is 2.24. The van der Waals surface area contributed by atoms with Gasteiger partial charge in [-0.3, -0.25) is 0 Å². The number of carbonyl (C=O) groups is 2. The van der Waals surface area contributed by atoms with Crippen molar-refractivity contribution in [1.29, 1.82) is 0 Å². The Morgan fingerprint density at radius 1 is 1.07 bits per heavy atom. The number of allylic oxidation sites excluding steroid dienone is 2. The van der Waals surface area contributed by atoms with E-state index in [1.807, 2.05) is 0 Å². The highest BCUT2D eigenvalue weighted by Gasteiger charge is 2.33. The Kier molecular flexibility index (Phi) is 5.78. The quantitative estimate of drug-likeness (QED) is 0.798. The molecule has 0 unspecified atom stereocenters. The van der Waals surface area contributed by atoms with E-state index >= 15 is 0 Å². The van der Waals surface area contributed by atoms with Gasteiger partial charge in [-0.1, -0.05) is 6.08 Å². The molecule has 7 nitrogen and oxygen atoms in total. The van der Waals surface area contributed by atoms with Crippen LogP contribution in [0.5, 0.6) is 11.5 Å². The zero-order chi connectivity index (χ0) is 20.2. The Bertz CT molecular complexity index is 842. The van der Waals surface area contributed by atoms with E-state index < -0.39 is 29.8 Å². The molecule has 0 saturated heterocycles. The number of aromatic hydroxyl groups is 1. The second-order valence-electron chi connectivity index (χ2n) is 5.01. The Hall–Kier alpha value is -3.43. The number of carbonyl (C=O) groups excluding carboxylic acids is 2. The summed E-state index contributed by atoms with van der Waals surface area (Å²) in [4.78, 5) is 25.3. The van der Waals surface area contributed by atoms with Gasteiger partial charge in [-0.15, -0.1) is 13.2 Å². The molecule has 10 heteroatoms. The maximum Gasteiger partial charge on any atom is 0.573 e. The molecule has 0 saturated carbocycles. The molecule has 1 heterocycles. The number of nitrogens with zero attached hydrogens (tertiary/aromatic N) is 1. The SMILES string of the molecule is COC(=O)C1=C(C(=O)OC)N(c2cc(OC(F)(F)F)ccc2O)C=CC=C1. The van der Waals surface area contributed by atoms with Gasteiger partial charge in [0, 0.05) is 12.3 Å². The van der Waals surface area contributed by atoms with E-state index in [2.05, 4.69) is 14.2 Å². The van der Waals surface area contributed by atoms with Crippen LogP contribution in [0.3, 0.4) is 0 Å². The van der Waals surface area contributed by atoms with Crippen LogP contribution in [-0.2, 0) is 19.1 Å². The van der Waals surface area contributed by atoms with E-state index in [4.69, 9.17) is 0 Å². The zero-order valence-electron chi connectivity index (χ0n) is 14.1. The fourth-order valence-corrected chi connectivity index (χ4v) is 2.24. The first-order valence-corrected chi connectivity index (χ1v) is 7.31. The molecule has 27 heavy (non-hydrogen) atoms. The Morgan fingerprint density at radius 2 is 1.74 bits per heavy atom. The van der Waals surface area contributed by atoms with Crippen LogP contribution < -0.4 is 9.64 Å². The minimum absolute atomic E-state index is 0.226. The number of benzene rings is 1. The molecule has 1 N–H and O–H groups in total. The van der Waals surface area contributed by atoms with Crippen molar-refractivity contribution in [3.05, 3.63) is 53.9 Å². The van der Waals surface area contributed by atoms with Gasteiger partial charge in [0.2, 0.25) is 0 Å². The molecular formula is C17H14F3NO6. The third-order valence-electron chi connectivity index (χ3n) is 3.33. The predicted molar refractivity (Wildman–Crippen MR) is 86.6 cm³/mol. The summed E-state index contributed by atoms with van der Waals surface area (Å²) in [7, 11) is 2.15.